The molecule has 0 fully saturated rings. The van der Waals surface area contributed by atoms with Crippen LogP contribution in [0.2, 0.25) is 0 Å². The molecule has 80 valence electrons. The van der Waals surface area contributed by atoms with Crippen LogP contribution in [0.15, 0.2) is 16.7 Å². The minimum Gasteiger partial charge on any atom is -0.467 e. The first kappa shape index (κ1) is 11.2. The largest absolute Gasteiger partial charge is 0.467 e. The molecule has 1 atom stereocenters. The van der Waals surface area contributed by atoms with Crippen LogP contribution < -0.4 is 11.3 Å². The fourth-order valence-electron chi connectivity index (χ4n) is 1.46. The molecule has 0 bridgehead atoms. The molecule has 0 saturated carbocycles. The van der Waals surface area contributed by atoms with E-state index < -0.39 is 0 Å². The van der Waals surface area contributed by atoms with Gasteiger partial charge in [0.2, 0.25) is 0 Å². The molecule has 1 heterocycles. The average molecular weight is 198 g/mol. The van der Waals surface area contributed by atoms with Crippen LogP contribution >= 0.6 is 0 Å². The molecule has 0 aromatic carbocycles. The topological polar surface area (TPSA) is 60.4 Å². The number of hydrogen-bond acceptors (Lipinski definition) is 4. The fourth-order valence-corrected chi connectivity index (χ4v) is 1.46. The second kappa shape index (κ2) is 5.80. The first-order valence-corrected chi connectivity index (χ1v) is 4.78. The summed E-state index contributed by atoms with van der Waals surface area (Å²) in [7, 11) is 1.70. The van der Waals surface area contributed by atoms with Crippen LogP contribution in [0, 0.1) is 6.92 Å². The number of nitrogens with one attached hydrogen (secondary N) is 1. The van der Waals surface area contributed by atoms with Crippen LogP contribution in [-0.2, 0) is 4.74 Å². The Balaban J connectivity index is 2.50. The van der Waals surface area contributed by atoms with Gasteiger partial charge >= 0.3 is 0 Å². The lowest BCUT2D eigenvalue weighted by molar-refractivity contribution is 0.187. The van der Waals surface area contributed by atoms with Crippen molar-refractivity contribution in [2.75, 3.05) is 13.7 Å². The van der Waals surface area contributed by atoms with Gasteiger partial charge in [-0.1, -0.05) is 0 Å². The van der Waals surface area contributed by atoms with Gasteiger partial charge in [0.05, 0.1) is 12.3 Å². The number of hydrazine groups is 1. The molecule has 4 heteroatoms. The smallest absolute Gasteiger partial charge is 0.124 e. The molecule has 0 amide bonds. The molecular formula is C10H18N2O2. The highest BCUT2D eigenvalue weighted by Gasteiger charge is 2.14. The molecular weight excluding hydrogens is 180 g/mol. The lowest BCUT2D eigenvalue weighted by Gasteiger charge is -2.13. The van der Waals surface area contributed by atoms with E-state index in [4.69, 9.17) is 15.0 Å². The summed E-state index contributed by atoms with van der Waals surface area (Å²) in [5.41, 5.74) is 3.88. The van der Waals surface area contributed by atoms with E-state index in [0.717, 1.165) is 30.8 Å². The zero-order valence-corrected chi connectivity index (χ0v) is 8.75. The Morgan fingerprint density at radius 3 is 2.93 bits per heavy atom. The zero-order valence-electron chi connectivity index (χ0n) is 8.75. The average Bonchev–Trinajstić information content (AvgIpc) is 2.60. The maximum atomic E-state index is 5.46. The molecule has 0 radical (unpaired) electrons. The molecule has 0 saturated heterocycles. The van der Waals surface area contributed by atoms with Crippen molar-refractivity contribution in [2.24, 2.45) is 5.84 Å². The number of rotatable bonds is 6. The van der Waals surface area contributed by atoms with Gasteiger partial charge in [-0.3, -0.25) is 5.84 Å². The summed E-state index contributed by atoms with van der Waals surface area (Å²) >= 11 is 0. The van der Waals surface area contributed by atoms with Gasteiger partial charge in [-0.05, 0) is 31.4 Å². The third-order valence-electron chi connectivity index (χ3n) is 2.26. The van der Waals surface area contributed by atoms with Crippen molar-refractivity contribution < 1.29 is 9.15 Å². The highest BCUT2D eigenvalue weighted by atomic mass is 16.5. The summed E-state index contributed by atoms with van der Waals surface area (Å²) in [6.07, 6.45) is 3.57. The lowest BCUT2D eigenvalue weighted by atomic mass is 10.1. The van der Waals surface area contributed by atoms with E-state index in [2.05, 4.69) is 5.43 Å². The van der Waals surface area contributed by atoms with E-state index >= 15 is 0 Å². The molecule has 14 heavy (non-hydrogen) atoms. The van der Waals surface area contributed by atoms with E-state index in [1.54, 1.807) is 13.4 Å². The molecule has 0 aliphatic carbocycles. The van der Waals surface area contributed by atoms with E-state index in [-0.39, 0.29) is 6.04 Å². The van der Waals surface area contributed by atoms with Crippen molar-refractivity contribution in [1.82, 2.24) is 5.43 Å². The first-order valence-electron chi connectivity index (χ1n) is 4.78. The van der Waals surface area contributed by atoms with Gasteiger partial charge in [-0.25, -0.2) is 5.43 Å². The van der Waals surface area contributed by atoms with Crippen molar-refractivity contribution in [3.8, 4) is 0 Å². The Hall–Kier alpha value is -0.840. The molecule has 1 aromatic rings. The SMILES string of the molecule is COCCCC(NN)c1occc1C. The predicted octanol–water partition coefficient (Wildman–Crippen LogP) is 1.52. The monoisotopic (exact) mass is 198 g/mol. The van der Waals surface area contributed by atoms with E-state index in [0.29, 0.717) is 0 Å². The second-order valence-corrected chi connectivity index (χ2v) is 3.32. The third kappa shape index (κ3) is 2.83. The Kier molecular flexibility index (Phi) is 4.65. The van der Waals surface area contributed by atoms with Crippen molar-refractivity contribution in [3.05, 3.63) is 23.7 Å². The molecule has 1 rings (SSSR count). The summed E-state index contributed by atoms with van der Waals surface area (Å²) in [5.74, 6) is 6.38. The Morgan fingerprint density at radius 2 is 2.43 bits per heavy atom. The minimum absolute atomic E-state index is 0.0835. The number of aryl methyl sites for hydroxylation is 1. The van der Waals surface area contributed by atoms with Crippen LogP contribution in [0.4, 0.5) is 0 Å². The van der Waals surface area contributed by atoms with Crippen molar-refractivity contribution in [3.63, 3.8) is 0 Å². The first-order chi connectivity index (χ1) is 6.79. The predicted molar refractivity (Wildman–Crippen MR) is 54.6 cm³/mol. The van der Waals surface area contributed by atoms with Crippen LogP contribution in [0.5, 0.6) is 0 Å². The molecule has 0 aliphatic rings. The van der Waals surface area contributed by atoms with Crippen molar-refractivity contribution in [1.29, 1.82) is 0 Å². The Bertz CT molecular complexity index is 260. The number of furan rings is 1. The Morgan fingerprint density at radius 1 is 1.64 bits per heavy atom. The van der Waals surface area contributed by atoms with Crippen LogP contribution in [0.3, 0.4) is 0 Å². The second-order valence-electron chi connectivity index (χ2n) is 3.32. The highest BCUT2D eigenvalue weighted by molar-refractivity contribution is 5.17. The van der Waals surface area contributed by atoms with Crippen LogP contribution in [-0.4, -0.2) is 13.7 Å². The summed E-state index contributed by atoms with van der Waals surface area (Å²) in [5, 5.41) is 0. The number of ether oxygens (including phenoxy) is 1. The lowest BCUT2D eigenvalue weighted by Crippen LogP contribution is -2.28. The van der Waals surface area contributed by atoms with Gasteiger partial charge in [0.1, 0.15) is 5.76 Å². The molecule has 3 N–H and O–H groups in total. The normalized spacial score (nSPS) is 13.1. The van der Waals surface area contributed by atoms with E-state index in [1.807, 2.05) is 13.0 Å². The summed E-state index contributed by atoms with van der Waals surface area (Å²) < 4.78 is 10.3. The maximum Gasteiger partial charge on any atom is 0.124 e. The van der Waals surface area contributed by atoms with Crippen LogP contribution in [0.1, 0.15) is 30.2 Å². The number of nitrogens with two attached hydrogens (primary N) is 1. The molecule has 0 aliphatic heterocycles. The van der Waals surface area contributed by atoms with Crippen LogP contribution in [0.25, 0.3) is 0 Å². The summed E-state index contributed by atoms with van der Waals surface area (Å²) in [6.45, 7) is 2.76. The van der Waals surface area contributed by atoms with E-state index in [1.165, 1.54) is 0 Å². The van der Waals surface area contributed by atoms with E-state index in [9.17, 15) is 0 Å². The highest BCUT2D eigenvalue weighted by Crippen LogP contribution is 2.21. The van der Waals surface area contributed by atoms with Gasteiger partial charge in [-0.2, -0.15) is 0 Å². The maximum absolute atomic E-state index is 5.46. The standard InChI is InChI=1S/C10H18N2O2/c1-8-5-7-14-10(8)9(12-11)4-3-6-13-2/h5,7,9,12H,3-4,6,11H2,1-2H3. The van der Waals surface area contributed by atoms with Gasteiger partial charge in [0.25, 0.3) is 0 Å². The third-order valence-corrected chi connectivity index (χ3v) is 2.26. The van der Waals surface area contributed by atoms with Crippen molar-refractivity contribution >= 4 is 0 Å². The van der Waals surface area contributed by atoms with Crippen molar-refractivity contribution in [2.45, 2.75) is 25.8 Å². The summed E-state index contributed by atoms with van der Waals surface area (Å²) in [6, 6.07) is 2.02. The van der Waals surface area contributed by atoms with Gasteiger partial charge in [-0.15, -0.1) is 0 Å². The quantitative estimate of drug-likeness (QED) is 0.413. The number of methoxy groups -OCH3 is 1. The van der Waals surface area contributed by atoms with Gasteiger partial charge in [0.15, 0.2) is 0 Å². The summed E-state index contributed by atoms with van der Waals surface area (Å²) in [4.78, 5) is 0. The molecule has 1 unspecified atom stereocenters. The molecule has 4 nitrogen and oxygen atoms in total. The van der Waals surface area contributed by atoms with Gasteiger partial charge in [0, 0.05) is 13.7 Å². The number of hydrogen-bond donors (Lipinski definition) is 2. The minimum atomic E-state index is 0.0835. The van der Waals surface area contributed by atoms with Gasteiger partial charge < -0.3 is 9.15 Å². The zero-order chi connectivity index (χ0) is 10.4. The fraction of sp³-hybridized carbons (Fsp3) is 0.600. The molecule has 1 aromatic heterocycles. The molecule has 0 spiro atoms. The Labute approximate surface area is 84.4 Å².